The van der Waals surface area contributed by atoms with Crippen molar-refractivity contribution in [2.24, 2.45) is 5.10 Å². The summed E-state index contributed by atoms with van der Waals surface area (Å²) in [5.74, 6) is 0.593. The van der Waals surface area contributed by atoms with Gasteiger partial charge in [0.05, 0.1) is 27.5 Å². The van der Waals surface area contributed by atoms with Gasteiger partial charge in [-0.05, 0) is 47.9 Å². The average molecular weight is 415 g/mol. The molecule has 2 rings (SSSR count). The van der Waals surface area contributed by atoms with Crippen LogP contribution in [0.5, 0.6) is 23.0 Å². The smallest absolute Gasteiger partial charge is 0.249 e. The average Bonchev–Trinajstić information content (AvgIpc) is 2.74. The number of nitrogens with one attached hydrogen (secondary N) is 2. The monoisotopic (exact) mass is 415 g/mol. The summed E-state index contributed by atoms with van der Waals surface area (Å²) in [6, 6.07) is 10.1. The number of ether oxygens (including phenoxy) is 3. The molecule has 0 saturated carbocycles. The molecule has 160 valence electrons. The third-order valence-electron chi connectivity index (χ3n) is 4.11. The number of benzene rings is 2. The molecule has 0 spiro atoms. The van der Waals surface area contributed by atoms with Crippen molar-refractivity contribution in [3.63, 3.8) is 0 Å². The second-order valence-corrected chi connectivity index (χ2v) is 6.19. The van der Waals surface area contributed by atoms with Crippen molar-refractivity contribution >= 4 is 18.0 Å². The lowest BCUT2D eigenvalue weighted by atomic mass is 10.1. The highest BCUT2D eigenvalue weighted by molar-refractivity contribution is 5.97. The van der Waals surface area contributed by atoms with Crippen LogP contribution in [0.15, 0.2) is 41.5 Å². The van der Waals surface area contributed by atoms with E-state index < -0.39 is 11.8 Å². The minimum atomic E-state index is -0.541. The maximum Gasteiger partial charge on any atom is 0.249 e. The van der Waals surface area contributed by atoms with Crippen molar-refractivity contribution in [3.8, 4) is 23.0 Å². The number of methoxy groups -OCH3 is 3. The van der Waals surface area contributed by atoms with Crippen molar-refractivity contribution < 1.29 is 28.9 Å². The number of hydrazone groups is 1. The fraction of sp³-hybridized carbons (Fsp3) is 0.286. The molecule has 0 radical (unpaired) electrons. The number of nitrogens with zero attached hydrogens (tertiary/aromatic N) is 1. The quantitative estimate of drug-likeness (QED) is 0.308. The lowest BCUT2D eigenvalue weighted by molar-refractivity contribution is -0.129. The molecule has 0 aliphatic rings. The van der Waals surface area contributed by atoms with Crippen molar-refractivity contribution in [2.75, 3.05) is 27.9 Å². The molecule has 9 heteroatoms. The van der Waals surface area contributed by atoms with E-state index in [1.807, 2.05) is 12.1 Å². The third-order valence-corrected chi connectivity index (χ3v) is 4.11. The first-order valence-corrected chi connectivity index (χ1v) is 9.13. The standard InChI is InChI=1S/C21H25N3O6/c1-28-17-7-5-14(10-19(17)30-3)8-9-22-20(26)12-21(27)24-23-13-15-4-6-16(25)18(11-15)29-2/h4-7,10-11,13,25H,8-9,12H2,1-3H3,(H,22,26)(H,24,27)/b23-13+. The SMILES string of the molecule is COc1cc(/C=N/NC(=O)CC(=O)NCCc2ccc(OC)c(OC)c2)ccc1O. The van der Waals surface area contributed by atoms with Crippen LogP contribution in [0.1, 0.15) is 17.5 Å². The van der Waals surface area contributed by atoms with Gasteiger partial charge in [0, 0.05) is 6.54 Å². The van der Waals surface area contributed by atoms with Crippen LogP contribution in [-0.2, 0) is 16.0 Å². The van der Waals surface area contributed by atoms with Gasteiger partial charge in [0.1, 0.15) is 6.42 Å². The number of carbonyl (C=O) groups excluding carboxylic acids is 2. The molecular formula is C21H25N3O6. The molecule has 30 heavy (non-hydrogen) atoms. The summed E-state index contributed by atoms with van der Waals surface area (Å²) in [7, 11) is 4.55. The van der Waals surface area contributed by atoms with Gasteiger partial charge in [-0.3, -0.25) is 9.59 Å². The fourth-order valence-corrected chi connectivity index (χ4v) is 2.58. The largest absolute Gasteiger partial charge is 0.504 e. The van der Waals surface area contributed by atoms with Crippen LogP contribution in [0, 0.1) is 0 Å². The number of phenols is 1. The Morgan fingerprint density at radius 3 is 2.40 bits per heavy atom. The summed E-state index contributed by atoms with van der Waals surface area (Å²) in [4.78, 5) is 23.7. The van der Waals surface area contributed by atoms with Crippen molar-refractivity contribution in [2.45, 2.75) is 12.8 Å². The Balaban J connectivity index is 1.75. The zero-order chi connectivity index (χ0) is 21.9. The van der Waals surface area contributed by atoms with E-state index in [4.69, 9.17) is 14.2 Å². The molecule has 2 amide bonds. The molecule has 0 aliphatic carbocycles. The Kier molecular flexibility index (Phi) is 8.49. The molecule has 3 N–H and O–H groups in total. The first-order valence-electron chi connectivity index (χ1n) is 9.13. The predicted octanol–water partition coefficient (Wildman–Crippen LogP) is 1.62. The summed E-state index contributed by atoms with van der Waals surface area (Å²) >= 11 is 0. The highest BCUT2D eigenvalue weighted by atomic mass is 16.5. The van der Waals surface area contributed by atoms with Gasteiger partial charge in [0.25, 0.3) is 0 Å². The van der Waals surface area contributed by atoms with Crippen LogP contribution in [0.2, 0.25) is 0 Å². The fourth-order valence-electron chi connectivity index (χ4n) is 2.58. The molecule has 0 fully saturated rings. The molecule has 0 bridgehead atoms. The Morgan fingerprint density at radius 1 is 0.967 bits per heavy atom. The van der Waals surface area contributed by atoms with Crippen molar-refractivity contribution in [1.29, 1.82) is 0 Å². The van der Waals surface area contributed by atoms with Gasteiger partial charge in [0.2, 0.25) is 11.8 Å². The summed E-state index contributed by atoms with van der Waals surface area (Å²) in [6.45, 7) is 0.373. The number of hydrogen-bond acceptors (Lipinski definition) is 7. The van der Waals surface area contributed by atoms with E-state index in [-0.39, 0.29) is 12.2 Å². The minimum Gasteiger partial charge on any atom is -0.504 e. The molecular weight excluding hydrogens is 390 g/mol. The number of phenolic OH excluding ortho intramolecular Hbond substituents is 1. The van der Waals surface area contributed by atoms with Crippen LogP contribution in [0.3, 0.4) is 0 Å². The molecule has 0 atom stereocenters. The molecule has 0 unspecified atom stereocenters. The summed E-state index contributed by atoms with van der Waals surface area (Å²) in [5, 5.41) is 16.0. The first-order chi connectivity index (χ1) is 14.5. The minimum absolute atomic E-state index is 0.00319. The van der Waals surface area contributed by atoms with Crippen LogP contribution in [-0.4, -0.2) is 51.0 Å². The zero-order valence-corrected chi connectivity index (χ0v) is 17.1. The van der Waals surface area contributed by atoms with E-state index in [2.05, 4.69) is 15.8 Å². The van der Waals surface area contributed by atoms with Gasteiger partial charge >= 0.3 is 0 Å². The summed E-state index contributed by atoms with van der Waals surface area (Å²) in [5.41, 5.74) is 3.87. The Labute approximate surface area is 174 Å². The number of rotatable bonds is 10. The van der Waals surface area contributed by atoms with Gasteiger partial charge in [-0.2, -0.15) is 5.10 Å². The summed E-state index contributed by atoms with van der Waals surface area (Å²) < 4.78 is 15.4. The van der Waals surface area contributed by atoms with Crippen molar-refractivity contribution in [3.05, 3.63) is 47.5 Å². The van der Waals surface area contributed by atoms with Crippen molar-refractivity contribution in [1.82, 2.24) is 10.7 Å². The highest BCUT2D eigenvalue weighted by Crippen LogP contribution is 2.27. The molecule has 0 aromatic heterocycles. The van der Waals surface area contributed by atoms with E-state index in [1.54, 1.807) is 32.4 Å². The van der Waals surface area contributed by atoms with Gasteiger partial charge in [-0.15, -0.1) is 0 Å². The third kappa shape index (κ3) is 6.69. The second kappa shape index (κ2) is 11.3. The van der Waals surface area contributed by atoms with E-state index in [0.717, 1.165) is 5.56 Å². The van der Waals surface area contributed by atoms with Gasteiger partial charge < -0.3 is 24.6 Å². The van der Waals surface area contributed by atoms with Crippen LogP contribution in [0.25, 0.3) is 0 Å². The Hall–Kier alpha value is -3.75. The lowest BCUT2D eigenvalue weighted by Crippen LogP contribution is -2.31. The maximum atomic E-state index is 11.9. The Morgan fingerprint density at radius 2 is 1.70 bits per heavy atom. The molecule has 0 aliphatic heterocycles. The lowest BCUT2D eigenvalue weighted by Gasteiger charge is -2.10. The van der Waals surface area contributed by atoms with E-state index in [1.165, 1.54) is 19.4 Å². The van der Waals surface area contributed by atoms with Gasteiger partial charge in [-0.25, -0.2) is 5.43 Å². The first kappa shape index (κ1) is 22.5. The maximum absolute atomic E-state index is 11.9. The van der Waals surface area contributed by atoms with Crippen LogP contribution in [0.4, 0.5) is 0 Å². The normalized spacial score (nSPS) is 10.5. The van der Waals surface area contributed by atoms with E-state index in [0.29, 0.717) is 35.8 Å². The number of amides is 2. The highest BCUT2D eigenvalue weighted by Gasteiger charge is 2.09. The van der Waals surface area contributed by atoms with E-state index in [9.17, 15) is 14.7 Å². The van der Waals surface area contributed by atoms with Gasteiger partial charge in [-0.1, -0.05) is 6.07 Å². The molecule has 2 aromatic carbocycles. The molecule has 2 aromatic rings. The Bertz CT molecular complexity index is 914. The van der Waals surface area contributed by atoms with Crippen LogP contribution >= 0.6 is 0 Å². The van der Waals surface area contributed by atoms with Gasteiger partial charge in [0.15, 0.2) is 23.0 Å². The zero-order valence-electron chi connectivity index (χ0n) is 17.1. The molecule has 0 heterocycles. The molecule has 9 nitrogen and oxygen atoms in total. The topological polar surface area (TPSA) is 118 Å². The summed E-state index contributed by atoms with van der Waals surface area (Å²) in [6.07, 6.45) is 1.62. The van der Waals surface area contributed by atoms with E-state index >= 15 is 0 Å². The van der Waals surface area contributed by atoms with Crippen LogP contribution < -0.4 is 25.0 Å². The molecule has 0 saturated heterocycles. The number of hydrogen-bond donors (Lipinski definition) is 3. The number of carbonyl (C=O) groups is 2. The number of aromatic hydroxyl groups is 1. The second-order valence-electron chi connectivity index (χ2n) is 6.19. The predicted molar refractivity (Wildman–Crippen MR) is 111 cm³/mol.